The van der Waals surface area contributed by atoms with Gasteiger partial charge in [-0.2, -0.15) is 0 Å². The topological polar surface area (TPSA) is 49.4 Å². The average Bonchev–Trinajstić information content (AvgIpc) is 3.26. The minimum atomic E-state index is -0.180. The molecule has 0 aliphatic carbocycles. The summed E-state index contributed by atoms with van der Waals surface area (Å²) in [6.45, 7) is 4.54. The van der Waals surface area contributed by atoms with Crippen LogP contribution in [0.25, 0.3) is 0 Å². The molecule has 1 aliphatic heterocycles. The lowest BCUT2D eigenvalue weighted by molar-refractivity contribution is -0.132. The second kappa shape index (κ2) is 8.73. The highest BCUT2D eigenvalue weighted by Gasteiger charge is 2.25. The molecule has 1 unspecified atom stereocenters. The van der Waals surface area contributed by atoms with Gasteiger partial charge in [0.25, 0.3) is 0 Å². The third kappa shape index (κ3) is 4.89. The summed E-state index contributed by atoms with van der Waals surface area (Å²) in [7, 11) is 0. The summed E-state index contributed by atoms with van der Waals surface area (Å²) in [5.74, 6) is 1.60. The Morgan fingerprint density at radius 1 is 1.23 bits per heavy atom. The number of benzene rings is 1. The lowest BCUT2D eigenvalue weighted by Gasteiger charge is -2.21. The van der Waals surface area contributed by atoms with Crippen LogP contribution >= 0.6 is 23.1 Å². The van der Waals surface area contributed by atoms with Crippen LogP contribution in [0.15, 0.2) is 41.8 Å². The Balaban J connectivity index is 1.73. The van der Waals surface area contributed by atoms with E-state index in [0.717, 1.165) is 16.9 Å². The van der Waals surface area contributed by atoms with Gasteiger partial charge in [0.1, 0.15) is 6.54 Å². The van der Waals surface area contributed by atoms with Gasteiger partial charge in [-0.05, 0) is 34.9 Å². The zero-order valence-electron chi connectivity index (χ0n) is 15.1. The molecule has 4 nitrogen and oxygen atoms in total. The highest BCUT2D eigenvalue weighted by Crippen LogP contribution is 2.27. The standard InChI is InChI=1S/C20H24N2O2S2/c1-14(2)10-15-5-7-16(8-6-15)20(17-4-3-9-26-17)21-18(23)11-22-13-25-12-19(22)24/h3-9,14,20H,10-13H2,1-2H3,(H,21,23). The maximum absolute atomic E-state index is 12.5. The fraction of sp³-hybridized carbons (Fsp3) is 0.400. The smallest absolute Gasteiger partial charge is 0.240 e. The SMILES string of the molecule is CC(C)Cc1ccc(C(NC(=O)CN2CSCC2=O)c2cccs2)cc1. The van der Waals surface area contributed by atoms with E-state index in [2.05, 4.69) is 43.4 Å². The van der Waals surface area contributed by atoms with Crippen LogP contribution in [0.3, 0.4) is 0 Å². The summed E-state index contributed by atoms with van der Waals surface area (Å²) < 4.78 is 0. The fourth-order valence-corrected chi connectivity index (χ4v) is 4.72. The first-order valence-electron chi connectivity index (χ1n) is 8.80. The van der Waals surface area contributed by atoms with Crippen molar-refractivity contribution in [1.82, 2.24) is 10.2 Å². The van der Waals surface area contributed by atoms with E-state index in [-0.39, 0.29) is 24.4 Å². The van der Waals surface area contributed by atoms with Crippen LogP contribution in [0.4, 0.5) is 0 Å². The molecule has 1 fully saturated rings. The molecule has 0 spiro atoms. The van der Waals surface area contributed by atoms with Crippen molar-refractivity contribution in [2.24, 2.45) is 5.92 Å². The summed E-state index contributed by atoms with van der Waals surface area (Å²) in [6, 6.07) is 12.3. The highest BCUT2D eigenvalue weighted by atomic mass is 32.2. The van der Waals surface area contributed by atoms with Gasteiger partial charge in [-0.15, -0.1) is 23.1 Å². The second-order valence-corrected chi connectivity index (χ2v) is 8.86. The molecule has 6 heteroatoms. The minimum Gasteiger partial charge on any atom is -0.343 e. The zero-order chi connectivity index (χ0) is 18.5. The summed E-state index contributed by atoms with van der Waals surface area (Å²) >= 11 is 3.18. The summed E-state index contributed by atoms with van der Waals surface area (Å²) in [5.41, 5.74) is 2.37. The van der Waals surface area contributed by atoms with E-state index in [1.54, 1.807) is 28.0 Å². The zero-order valence-corrected chi connectivity index (χ0v) is 16.7. The lowest BCUT2D eigenvalue weighted by Crippen LogP contribution is -2.39. The third-order valence-electron chi connectivity index (χ3n) is 4.25. The summed E-state index contributed by atoms with van der Waals surface area (Å²) in [5, 5.41) is 5.13. The summed E-state index contributed by atoms with van der Waals surface area (Å²) in [6.07, 6.45) is 1.05. The van der Waals surface area contributed by atoms with Gasteiger partial charge in [-0.25, -0.2) is 0 Å². The molecule has 1 N–H and O–H groups in total. The molecule has 2 heterocycles. The number of thiophene rings is 1. The number of rotatable bonds is 7. The van der Waals surface area contributed by atoms with E-state index < -0.39 is 0 Å². The van der Waals surface area contributed by atoms with Gasteiger partial charge in [0.2, 0.25) is 11.8 Å². The van der Waals surface area contributed by atoms with Crippen molar-refractivity contribution in [3.8, 4) is 0 Å². The number of hydrogen-bond acceptors (Lipinski definition) is 4. The van der Waals surface area contributed by atoms with Crippen LogP contribution in [0.5, 0.6) is 0 Å². The van der Waals surface area contributed by atoms with Gasteiger partial charge in [0, 0.05) is 4.88 Å². The van der Waals surface area contributed by atoms with Gasteiger partial charge >= 0.3 is 0 Å². The maximum atomic E-state index is 12.5. The van der Waals surface area contributed by atoms with Gasteiger partial charge in [0.15, 0.2) is 0 Å². The Labute approximate surface area is 163 Å². The molecule has 0 saturated carbocycles. The van der Waals surface area contributed by atoms with Crippen molar-refractivity contribution in [2.75, 3.05) is 18.2 Å². The Kier molecular flexibility index (Phi) is 6.38. The van der Waals surface area contributed by atoms with Gasteiger partial charge < -0.3 is 10.2 Å². The van der Waals surface area contributed by atoms with Crippen LogP contribution in [-0.4, -0.2) is 34.9 Å². The molecule has 2 amide bonds. The largest absolute Gasteiger partial charge is 0.343 e. The molecule has 2 aromatic rings. The number of nitrogens with one attached hydrogen (secondary N) is 1. The van der Waals surface area contributed by atoms with Crippen LogP contribution in [0.2, 0.25) is 0 Å². The minimum absolute atomic E-state index is 0.0378. The van der Waals surface area contributed by atoms with E-state index in [9.17, 15) is 9.59 Å². The molecule has 138 valence electrons. The molecule has 26 heavy (non-hydrogen) atoms. The Morgan fingerprint density at radius 3 is 2.58 bits per heavy atom. The first-order chi connectivity index (χ1) is 12.5. The molecule has 1 aromatic carbocycles. The normalized spacial score (nSPS) is 15.5. The Hall–Kier alpha value is -1.79. The molecule has 1 aromatic heterocycles. The molecule has 0 radical (unpaired) electrons. The Morgan fingerprint density at radius 2 is 2.00 bits per heavy atom. The molecule has 1 atom stereocenters. The van der Waals surface area contributed by atoms with Crippen molar-refractivity contribution in [2.45, 2.75) is 26.3 Å². The number of carbonyl (C=O) groups excluding carboxylic acids is 2. The van der Waals surface area contributed by atoms with Gasteiger partial charge in [-0.1, -0.05) is 44.2 Å². The van der Waals surface area contributed by atoms with Crippen molar-refractivity contribution in [3.63, 3.8) is 0 Å². The van der Waals surface area contributed by atoms with E-state index in [1.165, 1.54) is 5.56 Å². The van der Waals surface area contributed by atoms with Gasteiger partial charge in [0.05, 0.1) is 17.7 Å². The molecule has 1 saturated heterocycles. The second-order valence-electron chi connectivity index (χ2n) is 6.92. The number of amides is 2. The van der Waals surface area contributed by atoms with Crippen LogP contribution in [0, 0.1) is 5.92 Å². The highest BCUT2D eigenvalue weighted by molar-refractivity contribution is 8.00. The molecular weight excluding hydrogens is 364 g/mol. The third-order valence-corrected chi connectivity index (χ3v) is 6.13. The molecule has 1 aliphatic rings. The number of carbonyl (C=O) groups is 2. The van der Waals surface area contributed by atoms with Crippen LogP contribution in [0.1, 0.15) is 35.9 Å². The van der Waals surface area contributed by atoms with Crippen molar-refractivity contribution < 1.29 is 9.59 Å². The van der Waals surface area contributed by atoms with E-state index in [4.69, 9.17) is 0 Å². The van der Waals surface area contributed by atoms with Crippen molar-refractivity contribution in [3.05, 3.63) is 57.8 Å². The maximum Gasteiger partial charge on any atom is 0.240 e. The van der Waals surface area contributed by atoms with Crippen molar-refractivity contribution in [1.29, 1.82) is 0 Å². The predicted octanol–water partition coefficient (Wildman–Crippen LogP) is 3.69. The molecule has 0 bridgehead atoms. The quantitative estimate of drug-likeness (QED) is 0.787. The first kappa shape index (κ1) is 19.0. The monoisotopic (exact) mass is 388 g/mol. The fourth-order valence-electron chi connectivity index (χ4n) is 3.01. The Bertz CT molecular complexity index is 742. The summed E-state index contributed by atoms with van der Waals surface area (Å²) in [4.78, 5) is 27.0. The van der Waals surface area contributed by atoms with E-state index >= 15 is 0 Å². The number of nitrogens with zero attached hydrogens (tertiary/aromatic N) is 1. The first-order valence-corrected chi connectivity index (χ1v) is 10.8. The number of thioether (sulfide) groups is 1. The van der Waals surface area contributed by atoms with Crippen LogP contribution in [-0.2, 0) is 16.0 Å². The van der Waals surface area contributed by atoms with Crippen LogP contribution < -0.4 is 5.32 Å². The van der Waals surface area contributed by atoms with Gasteiger partial charge in [-0.3, -0.25) is 9.59 Å². The number of hydrogen-bond donors (Lipinski definition) is 1. The lowest BCUT2D eigenvalue weighted by atomic mass is 9.99. The van der Waals surface area contributed by atoms with E-state index in [1.807, 2.05) is 17.5 Å². The predicted molar refractivity (Wildman–Crippen MR) is 108 cm³/mol. The van der Waals surface area contributed by atoms with E-state index in [0.29, 0.717) is 17.5 Å². The molecular formula is C20H24N2O2S2. The molecule has 3 rings (SSSR count). The average molecular weight is 389 g/mol. The van der Waals surface area contributed by atoms with Crippen molar-refractivity contribution >= 4 is 34.9 Å².